The second-order valence-electron chi connectivity index (χ2n) is 10.0. The zero-order chi connectivity index (χ0) is 25.8. The Morgan fingerprint density at radius 3 is 2.49 bits per heavy atom. The zero-order valence-electron chi connectivity index (χ0n) is 20.7. The molecule has 1 aliphatic heterocycles. The average Bonchev–Trinajstić information content (AvgIpc) is 3.42. The molecule has 9 nitrogen and oxygen atoms in total. The van der Waals surface area contributed by atoms with Crippen LogP contribution in [0.1, 0.15) is 38.4 Å². The molecule has 3 amide bonds. The lowest BCUT2D eigenvalue weighted by atomic mass is 9.79. The Hall–Kier alpha value is -2.82. The number of nitrogens with one attached hydrogen (secondary N) is 2. The van der Waals surface area contributed by atoms with E-state index in [4.69, 9.17) is 5.73 Å². The van der Waals surface area contributed by atoms with Crippen LogP contribution in [0.15, 0.2) is 29.8 Å². The minimum atomic E-state index is -0.782. The van der Waals surface area contributed by atoms with Crippen molar-refractivity contribution in [2.75, 3.05) is 19.6 Å². The highest BCUT2D eigenvalue weighted by Gasteiger charge is 2.43. The summed E-state index contributed by atoms with van der Waals surface area (Å²) in [5.74, 6) is -1.49. The number of β-amino-alcohol motifs (C(OH)–C–C–N with tert-alkyl or cyclic N) is 1. The van der Waals surface area contributed by atoms with Crippen LogP contribution in [0.2, 0.25) is 0 Å². The summed E-state index contributed by atoms with van der Waals surface area (Å²) in [6.07, 6.45) is -0.608. The predicted molar refractivity (Wildman–Crippen MR) is 135 cm³/mol. The topological polar surface area (TPSA) is 138 Å². The highest BCUT2D eigenvalue weighted by Crippen LogP contribution is 2.31. The Bertz CT molecular complexity index is 1050. The van der Waals surface area contributed by atoms with Crippen LogP contribution in [0.3, 0.4) is 0 Å². The second-order valence-corrected chi connectivity index (χ2v) is 10.9. The van der Waals surface area contributed by atoms with Crippen LogP contribution in [0, 0.1) is 18.3 Å². The van der Waals surface area contributed by atoms with Crippen molar-refractivity contribution < 1.29 is 19.5 Å². The molecule has 0 bridgehead atoms. The molecule has 5 N–H and O–H groups in total. The third kappa shape index (κ3) is 6.65. The van der Waals surface area contributed by atoms with E-state index >= 15 is 0 Å². The van der Waals surface area contributed by atoms with Gasteiger partial charge in [-0.1, -0.05) is 45.0 Å². The van der Waals surface area contributed by atoms with Crippen molar-refractivity contribution in [3.8, 4) is 10.4 Å². The number of carbonyl (C=O) groups excluding carboxylic acids is 3. The lowest BCUT2D eigenvalue weighted by molar-refractivity contribution is -0.144. The van der Waals surface area contributed by atoms with Gasteiger partial charge in [0.25, 0.3) is 0 Å². The lowest BCUT2D eigenvalue weighted by Crippen LogP contribution is -2.52. The van der Waals surface area contributed by atoms with Crippen LogP contribution in [0.5, 0.6) is 0 Å². The minimum Gasteiger partial charge on any atom is -0.391 e. The van der Waals surface area contributed by atoms with E-state index in [2.05, 4.69) is 15.6 Å². The van der Waals surface area contributed by atoms with E-state index in [0.29, 0.717) is 6.54 Å². The summed E-state index contributed by atoms with van der Waals surface area (Å²) < 4.78 is 0. The van der Waals surface area contributed by atoms with Crippen LogP contribution >= 0.6 is 11.3 Å². The predicted octanol–water partition coefficient (Wildman–Crippen LogP) is 1.43. The van der Waals surface area contributed by atoms with Crippen molar-refractivity contribution in [2.24, 2.45) is 17.1 Å². The molecule has 1 aromatic carbocycles. The number of aryl methyl sites for hydroxylation is 1. The van der Waals surface area contributed by atoms with Crippen LogP contribution < -0.4 is 16.4 Å². The largest absolute Gasteiger partial charge is 0.391 e. The Morgan fingerprint density at radius 1 is 1.23 bits per heavy atom. The van der Waals surface area contributed by atoms with E-state index in [1.54, 1.807) is 11.3 Å². The zero-order valence-corrected chi connectivity index (χ0v) is 21.5. The third-order valence-corrected chi connectivity index (χ3v) is 7.30. The number of carbonyl (C=O) groups is 3. The number of nitrogens with two attached hydrogens (primary N) is 1. The highest BCUT2D eigenvalue weighted by atomic mass is 32.1. The Labute approximate surface area is 210 Å². The summed E-state index contributed by atoms with van der Waals surface area (Å²) in [6.45, 7) is 8.03. The van der Waals surface area contributed by atoms with Crippen molar-refractivity contribution in [2.45, 2.75) is 52.8 Å². The van der Waals surface area contributed by atoms with Gasteiger partial charge < -0.3 is 26.4 Å². The van der Waals surface area contributed by atoms with Gasteiger partial charge in [-0.25, -0.2) is 4.98 Å². The molecule has 0 aliphatic carbocycles. The summed E-state index contributed by atoms with van der Waals surface area (Å²) >= 11 is 1.59. The van der Waals surface area contributed by atoms with E-state index in [1.807, 2.05) is 57.5 Å². The van der Waals surface area contributed by atoms with Crippen molar-refractivity contribution in [1.29, 1.82) is 0 Å². The van der Waals surface area contributed by atoms with Gasteiger partial charge in [0.15, 0.2) is 0 Å². The molecule has 2 heterocycles. The molecule has 190 valence electrons. The maximum Gasteiger partial charge on any atom is 0.243 e. The molecule has 1 fully saturated rings. The molecule has 0 radical (unpaired) electrons. The number of hydrogen-bond donors (Lipinski definition) is 4. The van der Waals surface area contributed by atoms with E-state index in [0.717, 1.165) is 21.7 Å². The number of aliphatic hydroxyl groups excluding tert-OH is 1. The van der Waals surface area contributed by atoms with Crippen LogP contribution in [0.4, 0.5) is 0 Å². The van der Waals surface area contributed by atoms with Crippen LogP contribution in [-0.4, -0.2) is 64.5 Å². The number of nitrogens with zero attached hydrogens (tertiary/aromatic N) is 2. The molecule has 1 saturated heterocycles. The standard InChI is InChI=1S/C25H35N5O4S/c1-15-22(35-14-29-15)17-7-5-16(6-8-17)11-28-23(33)20-9-18(31)13-30(20)24(34)19(25(2,3)4)12-27-21(32)10-26/h5-8,14,18-20,31H,9-13,26H2,1-4H3,(H,27,32)(H,28,33)/t18-,19?,20+/m1/s1. The summed E-state index contributed by atoms with van der Waals surface area (Å²) in [4.78, 5) is 45.0. The van der Waals surface area contributed by atoms with Crippen molar-refractivity contribution in [1.82, 2.24) is 20.5 Å². The number of aromatic nitrogens is 1. The van der Waals surface area contributed by atoms with E-state index in [9.17, 15) is 19.5 Å². The highest BCUT2D eigenvalue weighted by molar-refractivity contribution is 7.13. The van der Waals surface area contributed by atoms with E-state index in [1.165, 1.54) is 4.90 Å². The Kier molecular flexibility index (Phi) is 8.63. The van der Waals surface area contributed by atoms with Crippen molar-refractivity contribution in [3.63, 3.8) is 0 Å². The van der Waals surface area contributed by atoms with Gasteiger partial charge in [0.1, 0.15) is 6.04 Å². The summed E-state index contributed by atoms with van der Waals surface area (Å²) in [5.41, 5.74) is 9.71. The maximum atomic E-state index is 13.5. The second kappa shape index (κ2) is 11.3. The number of hydrogen-bond acceptors (Lipinski definition) is 7. The molecule has 1 aliphatic rings. The SMILES string of the molecule is Cc1ncsc1-c1ccc(CNC(=O)[C@@H]2C[C@@H](O)CN2C(=O)C(CNC(=O)CN)C(C)(C)C)cc1. The molecule has 0 saturated carbocycles. The fraction of sp³-hybridized carbons (Fsp3) is 0.520. The molecule has 10 heteroatoms. The maximum absolute atomic E-state index is 13.5. The smallest absolute Gasteiger partial charge is 0.243 e. The molecular formula is C25H35N5O4S. The molecule has 1 unspecified atom stereocenters. The first-order valence-corrected chi connectivity index (χ1v) is 12.6. The molecule has 1 aromatic heterocycles. The third-order valence-electron chi connectivity index (χ3n) is 6.33. The van der Waals surface area contributed by atoms with E-state index < -0.39 is 23.5 Å². The first-order valence-electron chi connectivity index (χ1n) is 11.7. The van der Waals surface area contributed by atoms with Gasteiger partial charge in [-0.05, 0) is 23.5 Å². The van der Waals surface area contributed by atoms with Gasteiger partial charge in [-0.2, -0.15) is 0 Å². The number of amides is 3. The van der Waals surface area contributed by atoms with Gasteiger partial charge in [0.05, 0.1) is 34.6 Å². The summed E-state index contributed by atoms with van der Waals surface area (Å²) in [6, 6.07) is 7.14. The fourth-order valence-corrected chi connectivity index (χ4v) is 5.03. The fourth-order valence-electron chi connectivity index (χ4n) is 4.22. The molecule has 3 rings (SSSR count). The van der Waals surface area contributed by atoms with Gasteiger partial charge in [-0.3, -0.25) is 14.4 Å². The molecule has 3 atom stereocenters. The summed E-state index contributed by atoms with van der Waals surface area (Å²) in [5, 5.41) is 15.9. The number of aliphatic hydroxyl groups is 1. The summed E-state index contributed by atoms with van der Waals surface area (Å²) in [7, 11) is 0. The van der Waals surface area contributed by atoms with Gasteiger partial charge >= 0.3 is 0 Å². The van der Waals surface area contributed by atoms with E-state index in [-0.39, 0.29) is 43.8 Å². The quantitative estimate of drug-likeness (QED) is 0.432. The van der Waals surface area contributed by atoms with Gasteiger partial charge in [-0.15, -0.1) is 11.3 Å². The molecular weight excluding hydrogens is 466 g/mol. The first kappa shape index (κ1) is 26.8. The number of benzene rings is 1. The monoisotopic (exact) mass is 501 g/mol. The van der Waals surface area contributed by atoms with Crippen LogP contribution in [-0.2, 0) is 20.9 Å². The molecule has 0 spiro atoms. The Morgan fingerprint density at radius 2 is 1.91 bits per heavy atom. The normalized spacial score (nSPS) is 18.9. The minimum absolute atomic E-state index is 0.0806. The number of rotatable bonds is 8. The van der Waals surface area contributed by atoms with Gasteiger partial charge in [0, 0.05) is 26.1 Å². The Balaban J connectivity index is 1.66. The first-order chi connectivity index (χ1) is 16.5. The number of thiazole rings is 1. The molecule has 2 aromatic rings. The van der Waals surface area contributed by atoms with Crippen LogP contribution in [0.25, 0.3) is 10.4 Å². The van der Waals surface area contributed by atoms with Crippen molar-refractivity contribution in [3.05, 3.63) is 41.0 Å². The lowest BCUT2D eigenvalue weighted by Gasteiger charge is -2.35. The number of likely N-dealkylation sites (tertiary alicyclic amines) is 1. The molecule has 35 heavy (non-hydrogen) atoms. The average molecular weight is 502 g/mol. The van der Waals surface area contributed by atoms with Crippen molar-refractivity contribution >= 4 is 29.1 Å². The van der Waals surface area contributed by atoms with Gasteiger partial charge in [0.2, 0.25) is 17.7 Å².